The minimum atomic E-state index is 0.00282. The average molecular weight is 242 g/mol. The zero-order valence-corrected chi connectivity index (χ0v) is 8.95. The van der Waals surface area contributed by atoms with Crippen molar-refractivity contribution >= 4 is 22.0 Å². The van der Waals surface area contributed by atoms with E-state index in [-0.39, 0.29) is 11.8 Å². The molecule has 1 aromatic carbocycles. The highest BCUT2D eigenvalue weighted by molar-refractivity contribution is 9.10. The zero-order chi connectivity index (χ0) is 9.84. The quantitative estimate of drug-likeness (QED) is 0.836. The molecule has 0 bridgehead atoms. The molecule has 70 valence electrons. The molecular weight excluding hydrogens is 230 g/mol. The molecule has 0 aliphatic carbocycles. The zero-order valence-electron chi connectivity index (χ0n) is 7.37. The summed E-state index contributed by atoms with van der Waals surface area (Å²) >= 11 is 3.27. The summed E-state index contributed by atoms with van der Waals surface area (Å²) in [6.07, 6.45) is 3.65. The molecule has 3 N–H and O–H groups in total. The van der Waals surface area contributed by atoms with Gasteiger partial charge >= 0.3 is 0 Å². The van der Waals surface area contributed by atoms with Gasteiger partial charge in [0.1, 0.15) is 5.75 Å². The van der Waals surface area contributed by atoms with Gasteiger partial charge in [0, 0.05) is 16.1 Å². The molecule has 0 saturated heterocycles. The summed E-state index contributed by atoms with van der Waals surface area (Å²) in [5.74, 6) is 0.256. The van der Waals surface area contributed by atoms with Crippen molar-refractivity contribution in [2.75, 3.05) is 0 Å². The first kappa shape index (κ1) is 10.3. The Balaban J connectivity index is 2.90. The van der Waals surface area contributed by atoms with Gasteiger partial charge in [0.25, 0.3) is 0 Å². The average Bonchev–Trinajstić information content (AvgIpc) is 2.02. The molecule has 0 spiro atoms. The molecule has 0 radical (unpaired) electrons. The number of benzene rings is 1. The van der Waals surface area contributed by atoms with E-state index < -0.39 is 0 Å². The first-order valence-electron chi connectivity index (χ1n) is 4.02. The third-order valence-electron chi connectivity index (χ3n) is 1.57. The van der Waals surface area contributed by atoms with E-state index in [1.165, 1.54) is 0 Å². The fraction of sp³-hybridized carbons (Fsp3) is 0.200. The largest absolute Gasteiger partial charge is 0.507 e. The van der Waals surface area contributed by atoms with Crippen LogP contribution in [0.3, 0.4) is 0 Å². The van der Waals surface area contributed by atoms with E-state index in [1.54, 1.807) is 6.07 Å². The van der Waals surface area contributed by atoms with Gasteiger partial charge < -0.3 is 10.8 Å². The van der Waals surface area contributed by atoms with Crippen LogP contribution in [0.2, 0.25) is 0 Å². The van der Waals surface area contributed by atoms with Gasteiger partial charge in [-0.1, -0.05) is 34.1 Å². The second-order valence-electron chi connectivity index (χ2n) is 2.92. The van der Waals surface area contributed by atoms with Crippen LogP contribution in [0.25, 0.3) is 6.08 Å². The summed E-state index contributed by atoms with van der Waals surface area (Å²) in [6.45, 7) is 1.88. The van der Waals surface area contributed by atoms with Crippen LogP contribution < -0.4 is 5.73 Å². The Kier molecular flexibility index (Phi) is 3.51. The van der Waals surface area contributed by atoms with E-state index >= 15 is 0 Å². The van der Waals surface area contributed by atoms with E-state index in [9.17, 15) is 5.11 Å². The van der Waals surface area contributed by atoms with Crippen LogP contribution in [0.4, 0.5) is 0 Å². The lowest BCUT2D eigenvalue weighted by Gasteiger charge is -2.00. The van der Waals surface area contributed by atoms with E-state index in [2.05, 4.69) is 15.9 Å². The molecule has 0 heterocycles. The molecule has 13 heavy (non-hydrogen) atoms. The van der Waals surface area contributed by atoms with Crippen molar-refractivity contribution in [1.29, 1.82) is 0 Å². The first-order chi connectivity index (χ1) is 6.09. The summed E-state index contributed by atoms with van der Waals surface area (Å²) < 4.78 is 0.864. The summed E-state index contributed by atoms with van der Waals surface area (Å²) in [6, 6.07) is 5.36. The Morgan fingerprint density at radius 1 is 1.54 bits per heavy atom. The predicted octanol–water partition coefficient (Wildman–Crippen LogP) is 2.52. The van der Waals surface area contributed by atoms with Crippen molar-refractivity contribution in [1.82, 2.24) is 0 Å². The van der Waals surface area contributed by atoms with Gasteiger partial charge in [0.05, 0.1) is 0 Å². The highest BCUT2D eigenvalue weighted by Crippen LogP contribution is 2.23. The Morgan fingerprint density at radius 3 is 2.77 bits per heavy atom. The number of hydrogen-bond donors (Lipinski definition) is 2. The smallest absolute Gasteiger partial charge is 0.123 e. The SMILES string of the molecule is CC(N)/C=C/c1ccc(Br)cc1O. The molecule has 0 saturated carbocycles. The number of phenols is 1. The highest BCUT2D eigenvalue weighted by atomic mass is 79.9. The Labute approximate surface area is 86.2 Å². The van der Waals surface area contributed by atoms with Gasteiger partial charge in [0.15, 0.2) is 0 Å². The molecule has 1 rings (SSSR count). The second kappa shape index (κ2) is 4.44. The monoisotopic (exact) mass is 241 g/mol. The molecule has 0 aromatic heterocycles. The number of hydrogen-bond acceptors (Lipinski definition) is 2. The lowest BCUT2D eigenvalue weighted by Crippen LogP contribution is -2.09. The van der Waals surface area contributed by atoms with Crippen LogP contribution in [-0.4, -0.2) is 11.1 Å². The van der Waals surface area contributed by atoms with Crippen LogP contribution in [0.5, 0.6) is 5.75 Å². The topological polar surface area (TPSA) is 46.2 Å². The van der Waals surface area contributed by atoms with Crippen molar-refractivity contribution < 1.29 is 5.11 Å². The third-order valence-corrected chi connectivity index (χ3v) is 2.07. The normalized spacial score (nSPS) is 13.5. The Morgan fingerprint density at radius 2 is 2.23 bits per heavy atom. The molecule has 0 aliphatic rings. The minimum absolute atomic E-state index is 0.00282. The van der Waals surface area contributed by atoms with Gasteiger partial charge in [-0.15, -0.1) is 0 Å². The minimum Gasteiger partial charge on any atom is -0.507 e. The predicted molar refractivity (Wildman–Crippen MR) is 58.5 cm³/mol. The number of nitrogens with two attached hydrogens (primary N) is 1. The maximum Gasteiger partial charge on any atom is 0.123 e. The fourth-order valence-corrected chi connectivity index (χ4v) is 1.26. The maximum atomic E-state index is 9.48. The molecule has 1 unspecified atom stereocenters. The molecule has 1 aromatic rings. The van der Waals surface area contributed by atoms with Crippen molar-refractivity contribution in [3.05, 3.63) is 34.3 Å². The van der Waals surface area contributed by atoms with Crippen LogP contribution in [0, 0.1) is 0 Å². The van der Waals surface area contributed by atoms with Crippen LogP contribution >= 0.6 is 15.9 Å². The van der Waals surface area contributed by atoms with Crippen LogP contribution in [0.15, 0.2) is 28.7 Å². The van der Waals surface area contributed by atoms with Gasteiger partial charge in [0.2, 0.25) is 0 Å². The van der Waals surface area contributed by atoms with Gasteiger partial charge in [-0.25, -0.2) is 0 Å². The Hall–Kier alpha value is -0.800. The highest BCUT2D eigenvalue weighted by Gasteiger charge is 1.97. The van der Waals surface area contributed by atoms with E-state index in [0.717, 1.165) is 10.0 Å². The second-order valence-corrected chi connectivity index (χ2v) is 3.84. The standard InChI is InChI=1S/C10H12BrNO/c1-7(12)2-3-8-4-5-9(11)6-10(8)13/h2-7,13H,12H2,1H3/b3-2+. The van der Waals surface area contributed by atoms with Gasteiger partial charge in [-0.2, -0.15) is 0 Å². The van der Waals surface area contributed by atoms with E-state index in [0.29, 0.717) is 0 Å². The molecule has 3 heteroatoms. The van der Waals surface area contributed by atoms with E-state index in [1.807, 2.05) is 31.2 Å². The lowest BCUT2D eigenvalue weighted by molar-refractivity contribution is 0.473. The number of phenolic OH excluding ortho intramolecular Hbond substituents is 1. The molecule has 0 aliphatic heterocycles. The third kappa shape index (κ3) is 3.20. The number of rotatable bonds is 2. The van der Waals surface area contributed by atoms with Crippen molar-refractivity contribution in [2.45, 2.75) is 13.0 Å². The first-order valence-corrected chi connectivity index (χ1v) is 4.81. The number of halogens is 1. The van der Waals surface area contributed by atoms with Crippen molar-refractivity contribution in [3.63, 3.8) is 0 Å². The van der Waals surface area contributed by atoms with Crippen molar-refractivity contribution in [2.24, 2.45) is 5.73 Å². The Bertz CT molecular complexity index is 321. The summed E-state index contributed by atoms with van der Waals surface area (Å²) in [7, 11) is 0. The van der Waals surface area contributed by atoms with Crippen LogP contribution in [-0.2, 0) is 0 Å². The molecule has 1 atom stereocenters. The summed E-state index contributed by atoms with van der Waals surface area (Å²) in [5, 5.41) is 9.48. The maximum absolute atomic E-state index is 9.48. The molecule has 0 fully saturated rings. The van der Waals surface area contributed by atoms with Crippen molar-refractivity contribution in [3.8, 4) is 5.75 Å². The summed E-state index contributed by atoms with van der Waals surface area (Å²) in [4.78, 5) is 0. The molecule has 2 nitrogen and oxygen atoms in total. The number of aromatic hydroxyl groups is 1. The fourth-order valence-electron chi connectivity index (χ4n) is 0.913. The molecular formula is C10H12BrNO. The van der Waals surface area contributed by atoms with E-state index in [4.69, 9.17) is 5.73 Å². The van der Waals surface area contributed by atoms with Gasteiger partial charge in [-0.3, -0.25) is 0 Å². The summed E-state index contributed by atoms with van der Waals surface area (Å²) in [5.41, 5.74) is 6.32. The van der Waals surface area contributed by atoms with Crippen LogP contribution in [0.1, 0.15) is 12.5 Å². The molecule has 0 amide bonds. The lowest BCUT2D eigenvalue weighted by atomic mass is 10.1. The van der Waals surface area contributed by atoms with Gasteiger partial charge in [-0.05, 0) is 19.1 Å².